The molecule has 5 atom stereocenters. The molecule has 0 aliphatic carbocycles. The molecule has 5 aliphatic heterocycles. The molecule has 35 heavy (non-hydrogen) atoms. The first kappa shape index (κ1) is 20.8. The van der Waals surface area contributed by atoms with Gasteiger partial charge in [0.2, 0.25) is 0 Å². The lowest BCUT2D eigenvalue weighted by Crippen LogP contribution is -2.31. The van der Waals surface area contributed by atoms with Gasteiger partial charge in [-0.25, -0.2) is 0 Å². The number of fused-ring (bicyclic) bond motifs is 3. The van der Waals surface area contributed by atoms with Crippen molar-refractivity contribution in [2.24, 2.45) is 0 Å². The number of aromatic nitrogens is 1. The summed E-state index contributed by atoms with van der Waals surface area (Å²) in [6.07, 6.45) is 1.68. The summed E-state index contributed by atoms with van der Waals surface area (Å²) < 4.78 is 30.3. The van der Waals surface area contributed by atoms with Gasteiger partial charge in [-0.1, -0.05) is 0 Å². The van der Waals surface area contributed by atoms with Gasteiger partial charge >= 0.3 is 0 Å². The Hall–Kier alpha value is -2.36. The summed E-state index contributed by atoms with van der Waals surface area (Å²) in [5.41, 5.74) is 5.02. The molecule has 8 heteroatoms. The van der Waals surface area contributed by atoms with Gasteiger partial charge in [0.05, 0.1) is 70.1 Å². The quantitative estimate of drug-likeness (QED) is 0.371. The van der Waals surface area contributed by atoms with Gasteiger partial charge < -0.3 is 38.1 Å². The summed E-state index contributed by atoms with van der Waals surface area (Å²) >= 11 is 0. The van der Waals surface area contributed by atoms with E-state index in [1.165, 1.54) is 33.2 Å². The average molecular weight is 478 g/mol. The molecule has 0 amide bonds. The number of hydrogen-bond acceptors (Lipinski definition) is 7. The van der Waals surface area contributed by atoms with Gasteiger partial charge in [0.25, 0.3) is 0 Å². The minimum Gasteiger partial charge on any atom is -0.371 e. The van der Waals surface area contributed by atoms with E-state index in [0.717, 1.165) is 65.8 Å². The molecule has 6 heterocycles. The fourth-order valence-corrected chi connectivity index (χ4v) is 5.29. The minimum absolute atomic E-state index is 0.319. The Morgan fingerprint density at radius 2 is 0.943 bits per heavy atom. The number of anilines is 2. The summed E-state index contributed by atoms with van der Waals surface area (Å²) in [5, 5.41) is 2.59. The van der Waals surface area contributed by atoms with Crippen molar-refractivity contribution in [2.75, 3.05) is 69.0 Å². The van der Waals surface area contributed by atoms with Gasteiger partial charge in [-0.3, -0.25) is 0 Å². The van der Waals surface area contributed by atoms with Gasteiger partial charge in [-0.2, -0.15) is 0 Å². The maximum absolute atomic E-state index is 5.61. The molecule has 184 valence electrons. The van der Waals surface area contributed by atoms with E-state index >= 15 is 0 Å². The lowest BCUT2D eigenvalue weighted by molar-refractivity contribution is 0.387. The summed E-state index contributed by atoms with van der Waals surface area (Å²) in [6.45, 7) is 8.86. The smallest absolute Gasteiger partial charge is 0.0988 e. The molecule has 0 bridgehead atoms. The van der Waals surface area contributed by atoms with Crippen LogP contribution >= 0.6 is 0 Å². The number of epoxide rings is 5. The maximum atomic E-state index is 5.61. The Bertz CT molecular complexity index is 1140. The monoisotopic (exact) mass is 477 g/mol. The molecular weight excluding hydrogens is 446 g/mol. The van der Waals surface area contributed by atoms with E-state index in [0.29, 0.717) is 30.5 Å². The van der Waals surface area contributed by atoms with E-state index in [2.05, 4.69) is 50.8 Å². The Balaban J connectivity index is 1.21. The highest BCUT2D eigenvalue weighted by atomic mass is 16.6. The third-order valence-corrected chi connectivity index (χ3v) is 7.66. The van der Waals surface area contributed by atoms with Gasteiger partial charge in [-0.15, -0.1) is 0 Å². The Labute approximate surface area is 204 Å². The molecule has 5 fully saturated rings. The van der Waals surface area contributed by atoms with Gasteiger partial charge in [0, 0.05) is 59.4 Å². The second kappa shape index (κ2) is 8.08. The van der Waals surface area contributed by atoms with Crippen LogP contribution in [0.4, 0.5) is 11.4 Å². The number of hydrogen-bond donors (Lipinski definition) is 0. The van der Waals surface area contributed by atoms with Crippen molar-refractivity contribution >= 4 is 33.2 Å². The Kier molecular flexibility index (Phi) is 4.80. The molecule has 1 aromatic heterocycles. The highest BCUT2D eigenvalue weighted by molar-refractivity contribution is 6.10. The maximum Gasteiger partial charge on any atom is 0.0988 e. The minimum atomic E-state index is 0.319. The summed E-state index contributed by atoms with van der Waals surface area (Å²) in [7, 11) is 0. The van der Waals surface area contributed by atoms with Crippen molar-refractivity contribution in [1.82, 2.24) is 4.57 Å². The Morgan fingerprint density at radius 1 is 0.571 bits per heavy atom. The van der Waals surface area contributed by atoms with E-state index in [1.807, 2.05) is 0 Å². The highest BCUT2D eigenvalue weighted by Crippen LogP contribution is 2.37. The van der Waals surface area contributed by atoms with Crippen molar-refractivity contribution in [3.8, 4) is 0 Å². The number of benzene rings is 2. The van der Waals surface area contributed by atoms with Gasteiger partial charge in [0.15, 0.2) is 0 Å². The number of nitrogens with zero attached hydrogens (tertiary/aromatic N) is 3. The van der Waals surface area contributed by atoms with E-state index < -0.39 is 0 Å². The first-order valence-corrected chi connectivity index (χ1v) is 12.9. The van der Waals surface area contributed by atoms with Crippen molar-refractivity contribution in [2.45, 2.75) is 37.1 Å². The van der Waals surface area contributed by atoms with Crippen molar-refractivity contribution in [3.05, 3.63) is 36.4 Å². The fourth-order valence-electron chi connectivity index (χ4n) is 5.29. The summed E-state index contributed by atoms with van der Waals surface area (Å²) in [5.74, 6) is 0. The second-order valence-electron chi connectivity index (χ2n) is 10.6. The van der Waals surface area contributed by atoms with Crippen LogP contribution in [0.3, 0.4) is 0 Å². The first-order chi connectivity index (χ1) is 17.3. The van der Waals surface area contributed by atoms with Crippen LogP contribution in [0.2, 0.25) is 0 Å². The van der Waals surface area contributed by atoms with Crippen LogP contribution in [0.5, 0.6) is 0 Å². The van der Waals surface area contributed by atoms with Crippen LogP contribution in [-0.2, 0) is 30.2 Å². The average Bonchev–Trinajstić information content (AvgIpc) is 3.67. The molecule has 8 nitrogen and oxygen atoms in total. The van der Waals surface area contributed by atoms with E-state index in [-0.39, 0.29) is 0 Å². The van der Waals surface area contributed by atoms with Gasteiger partial charge in [0.1, 0.15) is 0 Å². The lowest BCUT2D eigenvalue weighted by atomic mass is 10.1. The predicted octanol–water partition coefficient (Wildman–Crippen LogP) is 2.40. The lowest BCUT2D eigenvalue weighted by Gasteiger charge is -2.24. The molecule has 5 saturated heterocycles. The standard InChI is InChI=1S/C27H31N3O5/c1-3-26-24(5-17(1)28(7-19-12-31-19)8-20-13-32-20)25-6-18(2-4-27(25)30(26)11-23-16-35-23)29(9-21-14-33-21)10-22-15-34-22/h1-6,19-23H,7-16H2. The number of ether oxygens (including phenoxy) is 5. The van der Waals surface area contributed by atoms with Crippen molar-refractivity contribution < 1.29 is 23.7 Å². The zero-order valence-corrected chi connectivity index (χ0v) is 19.8. The van der Waals surface area contributed by atoms with Crippen LogP contribution in [0.25, 0.3) is 21.8 Å². The van der Waals surface area contributed by atoms with Crippen LogP contribution in [0.1, 0.15) is 0 Å². The summed E-state index contributed by atoms with van der Waals surface area (Å²) in [4.78, 5) is 4.87. The fraction of sp³-hybridized carbons (Fsp3) is 0.556. The van der Waals surface area contributed by atoms with Crippen LogP contribution in [0, 0.1) is 0 Å². The second-order valence-corrected chi connectivity index (χ2v) is 10.6. The first-order valence-electron chi connectivity index (χ1n) is 12.9. The molecule has 0 spiro atoms. The van der Waals surface area contributed by atoms with Crippen LogP contribution < -0.4 is 9.80 Å². The van der Waals surface area contributed by atoms with Crippen molar-refractivity contribution in [1.29, 1.82) is 0 Å². The molecule has 2 aromatic carbocycles. The molecule has 0 saturated carbocycles. The normalized spacial score (nSPS) is 30.0. The topological polar surface area (TPSA) is 74.1 Å². The van der Waals surface area contributed by atoms with E-state index in [4.69, 9.17) is 23.7 Å². The zero-order valence-electron chi connectivity index (χ0n) is 19.8. The van der Waals surface area contributed by atoms with Crippen LogP contribution in [-0.4, -0.2) is 94.3 Å². The summed E-state index contributed by atoms with van der Waals surface area (Å²) in [6, 6.07) is 13.8. The highest BCUT2D eigenvalue weighted by Gasteiger charge is 2.33. The molecule has 3 aromatic rings. The SMILES string of the molecule is c1cc2c(cc1N(CC1CO1)CC1CO1)c1cc(N(CC3CO3)CC3CO3)ccc1n2CC1CO1. The third kappa shape index (κ3) is 4.49. The van der Waals surface area contributed by atoms with Gasteiger partial charge in [-0.05, 0) is 36.4 Å². The molecular formula is C27H31N3O5. The molecule has 0 radical (unpaired) electrons. The van der Waals surface area contributed by atoms with Crippen LogP contribution in [0.15, 0.2) is 36.4 Å². The predicted molar refractivity (Wildman–Crippen MR) is 133 cm³/mol. The molecule has 5 aliphatic rings. The molecule has 5 unspecified atom stereocenters. The van der Waals surface area contributed by atoms with E-state index in [1.54, 1.807) is 0 Å². The molecule has 8 rings (SSSR count). The Morgan fingerprint density at radius 3 is 1.29 bits per heavy atom. The molecule has 0 N–H and O–H groups in total. The largest absolute Gasteiger partial charge is 0.371 e. The zero-order chi connectivity index (χ0) is 22.9. The number of rotatable bonds is 12. The van der Waals surface area contributed by atoms with Crippen molar-refractivity contribution in [3.63, 3.8) is 0 Å². The third-order valence-electron chi connectivity index (χ3n) is 7.66. The van der Waals surface area contributed by atoms with E-state index in [9.17, 15) is 0 Å².